The van der Waals surface area contributed by atoms with Crippen molar-refractivity contribution < 1.29 is 19.0 Å². The molecule has 5 nitrogen and oxygen atoms in total. The number of ether oxygens (including phenoxy) is 1. The van der Waals surface area contributed by atoms with Crippen molar-refractivity contribution >= 4 is 51.8 Å². The third-order valence-electron chi connectivity index (χ3n) is 7.61. The summed E-state index contributed by atoms with van der Waals surface area (Å²) in [6.45, 7) is 2.74. The van der Waals surface area contributed by atoms with Crippen LogP contribution in [0.3, 0.4) is 0 Å². The fraction of sp³-hybridized carbons (Fsp3) is 0.467. The zero-order valence-corrected chi connectivity index (χ0v) is 24.5. The number of aliphatic carboxylic acids is 1. The van der Waals surface area contributed by atoms with Gasteiger partial charge in [0.05, 0.1) is 22.7 Å². The minimum absolute atomic E-state index is 0.145. The number of halogens is 3. The van der Waals surface area contributed by atoms with Crippen molar-refractivity contribution in [3.63, 3.8) is 0 Å². The SMILES string of the molecule is COc1ccc2nccc(C(F)CC[C@@H]3CCN(CCCSc4cccc(Cl)c4Cl)C[C@@H]3CCC(=O)O)c2c1. The van der Waals surface area contributed by atoms with Crippen LogP contribution >= 0.6 is 35.0 Å². The molecule has 1 N–H and O–H groups in total. The molecule has 0 saturated carbocycles. The molecule has 0 radical (unpaired) electrons. The summed E-state index contributed by atoms with van der Waals surface area (Å²) >= 11 is 14.1. The number of hydrogen-bond donors (Lipinski definition) is 1. The summed E-state index contributed by atoms with van der Waals surface area (Å²) in [5.74, 6) is 1.38. The van der Waals surface area contributed by atoms with Crippen LogP contribution in [0.5, 0.6) is 5.75 Å². The van der Waals surface area contributed by atoms with Crippen molar-refractivity contribution in [1.29, 1.82) is 0 Å². The van der Waals surface area contributed by atoms with Crippen molar-refractivity contribution in [2.75, 3.05) is 32.5 Å². The summed E-state index contributed by atoms with van der Waals surface area (Å²) in [5, 5.41) is 11.3. The van der Waals surface area contributed by atoms with Crippen molar-refractivity contribution in [1.82, 2.24) is 9.88 Å². The van der Waals surface area contributed by atoms with Gasteiger partial charge in [-0.15, -0.1) is 11.8 Å². The number of thioether (sulfide) groups is 1. The lowest BCUT2D eigenvalue weighted by atomic mass is 9.79. The number of pyridine rings is 1. The highest BCUT2D eigenvalue weighted by Crippen LogP contribution is 2.37. The van der Waals surface area contributed by atoms with E-state index < -0.39 is 12.1 Å². The van der Waals surface area contributed by atoms with Gasteiger partial charge in [0.1, 0.15) is 11.9 Å². The first-order chi connectivity index (χ1) is 18.9. The molecule has 0 bridgehead atoms. The molecule has 0 amide bonds. The number of aromatic nitrogens is 1. The number of carbonyl (C=O) groups is 1. The largest absolute Gasteiger partial charge is 0.497 e. The van der Waals surface area contributed by atoms with Crippen LogP contribution in [0, 0.1) is 11.8 Å². The molecule has 0 spiro atoms. The van der Waals surface area contributed by atoms with Crippen molar-refractivity contribution in [3.05, 3.63) is 64.3 Å². The van der Waals surface area contributed by atoms with Crippen molar-refractivity contribution in [2.45, 2.75) is 49.6 Å². The first-order valence-corrected chi connectivity index (χ1v) is 15.2. The lowest BCUT2D eigenvalue weighted by Crippen LogP contribution is -2.41. The maximum Gasteiger partial charge on any atom is 0.303 e. The number of fused-ring (bicyclic) bond motifs is 1. The van der Waals surface area contributed by atoms with E-state index in [-0.39, 0.29) is 12.3 Å². The summed E-state index contributed by atoms with van der Waals surface area (Å²) in [4.78, 5) is 19.1. The molecule has 0 aliphatic carbocycles. The fourth-order valence-electron chi connectivity index (χ4n) is 5.50. The maximum atomic E-state index is 15.6. The van der Waals surface area contributed by atoms with E-state index in [1.165, 1.54) is 0 Å². The van der Waals surface area contributed by atoms with E-state index in [0.29, 0.717) is 40.1 Å². The van der Waals surface area contributed by atoms with Gasteiger partial charge in [-0.1, -0.05) is 29.3 Å². The lowest BCUT2D eigenvalue weighted by molar-refractivity contribution is -0.137. The van der Waals surface area contributed by atoms with Crippen LogP contribution in [-0.2, 0) is 4.79 Å². The Morgan fingerprint density at radius 3 is 2.87 bits per heavy atom. The molecule has 2 heterocycles. The van der Waals surface area contributed by atoms with Gasteiger partial charge >= 0.3 is 5.97 Å². The number of benzene rings is 2. The number of rotatable bonds is 13. The maximum absolute atomic E-state index is 15.6. The van der Waals surface area contributed by atoms with Crippen LogP contribution in [0.2, 0.25) is 10.0 Å². The third kappa shape index (κ3) is 8.23. The second-order valence-corrected chi connectivity index (χ2v) is 12.0. The molecular weight excluding hydrogens is 558 g/mol. The van der Waals surface area contributed by atoms with E-state index in [4.69, 9.17) is 27.9 Å². The van der Waals surface area contributed by atoms with Crippen molar-refractivity contribution in [3.8, 4) is 5.75 Å². The lowest BCUT2D eigenvalue weighted by Gasteiger charge is -2.39. The Kier molecular flexibility index (Phi) is 11.1. The second-order valence-electron chi connectivity index (χ2n) is 10.1. The van der Waals surface area contributed by atoms with Gasteiger partial charge in [-0.2, -0.15) is 0 Å². The van der Waals surface area contributed by atoms with Gasteiger partial charge in [0.15, 0.2) is 0 Å². The fourth-order valence-corrected chi connectivity index (χ4v) is 6.93. The first kappa shape index (κ1) is 29.9. The molecule has 1 saturated heterocycles. The predicted octanol–water partition coefficient (Wildman–Crippen LogP) is 8.33. The molecule has 1 aromatic heterocycles. The molecule has 1 unspecified atom stereocenters. The van der Waals surface area contributed by atoms with Gasteiger partial charge in [0.2, 0.25) is 0 Å². The number of carboxylic acids is 1. The molecule has 3 atom stereocenters. The summed E-state index contributed by atoms with van der Waals surface area (Å²) in [7, 11) is 1.60. The Labute approximate surface area is 244 Å². The average molecular weight is 594 g/mol. The molecule has 1 aliphatic rings. The average Bonchev–Trinajstić information content (AvgIpc) is 2.94. The molecule has 39 heavy (non-hydrogen) atoms. The van der Waals surface area contributed by atoms with Crippen LogP contribution in [-0.4, -0.2) is 53.5 Å². The number of nitrogens with zero attached hydrogens (tertiary/aromatic N) is 2. The van der Waals surface area contributed by atoms with E-state index in [9.17, 15) is 9.90 Å². The van der Waals surface area contributed by atoms with Crippen LogP contribution < -0.4 is 4.74 Å². The number of alkyl halides is 1. The second kappa shape index (κ2) is 14.5. The minimum Gasteiger partial charge on any atom is -0.497 e. The Bertz CT molecular complexity index is 1260. The summed E-state index contributed by atoms with van der Waals surface area (Å²) < 4.78 is 20.9. The molecule has 210 valence electrons. The van der Waals surface area contributed by atoms with E-state index >= 15 is 4.39 Å². The number of piperidine rings is 1. The molecular formula is C30H35Cl2FN2O3S. The topological polar surface area (TPSA) is 62.7 Å². The minimum atomic E-state index is -1.11. The molecule has 4 rings (SSSR count). The van der Waals surface area contributed by atoms with E-state index in [1.807, 2.05) is 30.3 Å². The van der Waals surface area contributed by atoms with Gasteiger partial charge in [-0.25, -0.2) is 4.39 Å². The number of methoxy groups -OCH3 is 1. The van der Waals surface area contributed by atoms with Crippen LogP contribution in [0.1, 0.15) is 50.3 Å². The normalized spacial score (nSPS) is 18.8. The monoisotopic (exact) mass is 592 g/mol. The van der Waals surface area contributed by atoms with Crippen LogP contribution in [0.4, 0.5) is 4.39 Å². The zero-order valence-electron chi connectivity index (χ0n) is 22.1. The predicted molar refractivity (Wildman–Crippen MR) is 158 cm³/mol. The van der Waals surface area contributed by atoms with Gasteiger partial charge in [-0.3, -0.25) is 9.78 Å². The van der Waals surface area contributed by atoms with Gasteiger partial charge in [-0.05, 0) is 105 Å². The molecule has 1 fully saturated rings. The highest BCUT2D eigenvalue weighted by atomic mass is 35.5. The third-order valence-corrected chi connectivity index (χ3v) is 9.68. The van der Waals surface area contributed by atoms with Crippen LogP contribution in [0.15, 0.2) is 53.6 Å². The van der Waals surface area contributed by atoms with Gasteiger partial charge in [0.25, 0.3) is 0 Å². The standard InChI is InChI=1S/C30H35Cl2FN2O3S/c1-38-22-8-10-27-24(18-22)23(12-14-34-27)26(33)9-6-20-13-16-35(19-21(20)7-11-29(36)37)15-3-17-39-28-5-2-4-25(31)30(28)32/h2,4-5,8,10,12,14,18,20-21,26H,3,6-7,9,11,13,15-17,19H2,1H3,(H,36,37)/t20-,21+,26?/m1/s1. The summed E-state index contributed by atoms with van der Waals surface area (Å²) in [5.41, 5.74) is 1.38. The number of likely N-dealkylation sites (tertiary alicyclic amines) is 1. The summed E-state index contributed by atoms with van der Waals surface area (Å²) in [6.07, 6.45) is 4.39. The Morgan fingerprint density at radius 1 is 1.23 bits per heavy atom. The molecule has 1 aliphatic heterocycles. The van der Waals surface area contributed by atoms with Gasteiger partial charge < -0.3 is 14.7 Å². The van der Waals surface area contributed by atoms with E-state index in [1.54, 1.807) is 37.2 Å². The molecule has 2 aromatic carbocycles. The Balaban J connectivity index is 1.32. The van der Waals surface area contributed by atoms with E-state index in [2.05, 4.69) is 9.88 Å². The quantitative estimate of drug-likeness (QED) is 0.159. The number of hydrogen-bond acceptors (Lipinski definition) is 5. The first-order valence-electron chi connectivity index (χ1n) is 13.4. The van der Waals surface area contributed by atoms with E-state index in [0.717, 1.165) is 60.4 Å². The highest BCUT2D eigenvalue weighted by molar-refractivity contribution is 7.99. The molecule has 3 aromatic rings. The highest BCUT2D eigenvalue weighted by Gasteiger charge is 2.30. The van der Waals surface area contributed by atoms with Crippen LogP contribution in [0.25, 0.3) is 10.9 Å². The zero-order chi connectivity index (χ0) is 27.8. The van der Waals surface area contributed by atoms with Crippen molar-refractivity contribution in [2.24, 2.45) is 11.8 Å². The summed E-state index contributed by atoms with van der Waals surface area (Å²) in [6, 6.07) is 13.0. The smallest absolute Gasteiger partial charge is 0.303 e. The molecule has 9 heteroatoms. The number of carboxylic acid groups (broad SMARTS) is 1. The van der Waals surface area contributed by atoms with Gasteiger partial charge in [0, 0.05) is 29.4 Å². The Morgan fingerprint density at radius 2 is 2.08 bits per heavy atom. The Hall–Kier alpha value is -2.06.